The molecular weight excluding hydrogens is 364 g/mol. The molecule has 2 heterocycles. The topological polar surface area (TPSA) is 80.0 Å². The number of carbonyl (C=O) groups is 1. The average Bonchev–Trinajstić information content (AvgIpc) is 3.05. The fourth-order valence-electron chi connectivity index (χ4n) is 3.63. The van der Waals surface area contributed by atoms with Gasteiger partial charge in [-0.2, -0.15) is 0 Å². The highest BCUT2D eigenvalue weighted by molar-refractivity contribution is 5.88. The lowest BCUT2D eigenvalue weighted by Crippen LogP contribution is -2.12. The van der Waals surface area contributed by atoms with Crippen LogP contribution in [0.5, 0.6) is 0 Å². The summed E-state index contributed by atoms with van der Waals surface area (Å²) in [7, 11) is 0. The Bertz CT molecular complexity index is 1180. The van der Waals surface area contributed by atoms with E-state index in [1.807, 2.05) is 6.07 Å². The maximum absolute atomic E-state index is 11.0. The lowest BCUT2D eigenvalue weighted by Gasteiger charge is -2.12. The zero-order valence-corrected chi connectivity index (χ0v) is 16.4. The molecule has 0 atom stereocenters. The molecule has 4 aromatic rings. The molecule has 0 spiro atoms. The first-order valence-corrected chi connectivity index (χ1v) is 9.48. The van der Waals surface area contributed by atoms with Gasteiger partial charge in [0.15, 0.2) is 0 Å². The SMILES string of the molecule is Cc1cccc2cc(C)n(CCNc3cc(-c4ccc(C(=O)O)cc4)ncn3)c12. The van der Waals surface area contributed by atoms with Crippen LogP contribution in [0.4, 0.5) is 5.82 Å². The van der Waals surface area contributed by atoms with E-state index < -0.39 is 5.97 Å². The summed E-state index contributed by atoms with van der Waals surface area (Å²) in [6, 6.07) is 17.1. The lowest BCUT2D eigenvalue weighted by atomic mass is 10.1. The van der Waals surface area contributed by atoms with Gasteiger partial charge < -0.3 is 15.0 Å². The molecule has 2 aromatic carbocycles. The van der Waals surface area contributed by atoms with Crippen LogP contribution in [0.25, 0.3) is 22.2 Å². The number of benzene rings is 2. The van der Waals surface area contributed by atoms with Crippen molar-refractivity contribution in [2.45, 2.75) is 20.4 Å². The van der Waals surface area contributed by atoms with E-state index in [0.717, 1.165) is 30.2 Å². The predicted molar refractivity (Wildman–Crippen MR) is 114 cm³/mol. The quantitative estimate of drug-likeness (QED) is 0.509. The van der Waals surface area contributed by atoms with E-state index >= 15 is 0 Å². The third-order valence-electron chi connectivity index (χ3n) is 5.07. The minimum atomic E-state index is -0.940. The van der Waals surface area contributed by atoms with Gasteiger partial charge in [0.1, 0.15) is 12.1 Å². The van der Waals surface area contributed by atoms with Crippen molar-refractivity contribution in [1.29, 1.82) is 0 Å². The van der Waals surface area contributed by atoms with Gasteiger partial charge in [0.05, 0.1) is 16.8 Å². The molecule has 6 heteroatoms. The van der Waals surface area contributed by atoms with Gasteiger partial charge in [-0.05, 0) is 37.6 Å². The first kappa shape index (κ1) is 18.7. The average molecular weight is 386 g/mol. The second kappa shape index (κ2) is 7.75. The summed E-state index contributed by atoms with van der Waals surface area (Å²) in [6.45, 7) is 5.82. The number of anilines is 1. The predicted octanol–water partition coefficient (Wildman–Crippen LogP) is 4.53. The number of para-hydroxylation sites is 1. The minimum Gasteiger partial charge on any atom is -0.478 e. The van der Waals surface area contributed by atoms with Crippen LogP contribution in [0.1, 0.15) is 21.6 Å². The number of aromatic carboxylic acids is 1. The number of fused-ring (bicyclic) bond motifs is 1. The Morgan fingerprint density at radius 2 is 1.86 bits per heavy atom. The molecule has 0 radical (unpaired) electrons. The maximum atomic E-state index is 11.0. The molecule has 146 valence electrons. The van der Waals surface area contributed by atoms with Crippen molar-refractivity contribution in [3.63, 3.8) is 0 Å². The summed E-state index contributed by atoms with van der Waals surface area (Å²) < 4.78 is 2.32. The van der Waals surface area contributed by atoms with E-state index in [-0.39, 0.29) is 5.56 Å². The third kappa shape index (κ3) is 3.82. The number of rotatable bonds is 6. The zero-order chi connectivity index (χ0) is 20.4. The zero-order valence-electron chi connectivity index (χ0n) is 16.4. The van der Waals surface area contributed by atoms with E-state index in [0.29, 0.717) is 0 Å². The first-order valence-electron chi connectivity index (χ1n) is 9.48. The number of nitrogens with one attached hydrogen (secondary N) is 1. The number of aryl methyl sites for hydroxylation is 2. The number of aromatic nitrogens is 3. The molecule has 2 N–H and O–H groups in total. The Kier molecular flexibility index (Phi) is 4.99. The van der Waals surface area contributed by atoms with Crippen molar-refractivity contribution < 1.29 is 9.90 Å². The molecule has 4 rings (SSSR count). The summed E-state index contributed by atoms with van der Waals surface area (Å²) in [6.07, 6.45) is 1.52. The van der Waals surface area contributed by atoms with E-state index in [2.05, 4.69) is 58.0 Å². The van der Waals surface area contributed by atoms with Gasteiger partial charge in [0, 0.05) is 35.8 Å². The summed E-state index contributed by atoms with van der Waals surface area (Å²) >= 11 is 0. The smallest absolute Gasteiger partial charge is 0.335 e. The molecule has 0 saturated heterocycles. The number of hydrogen-bond donors (Lipinski definition) is 2. The van der Waals surface area contributed by atoms with E-state index in [1.165, 1.54) is 28.5 Å². The highest BCUT2D eigenvalue weighted by Crippen LogP contribution is 2.23. The molecule has 0 unspecified atom stereocenters. The van der Waals surface area contributed by atoms with Crippen molar-refractivity contribution in [3.05, 3.63) is 77.7 Å². The molecule has 0 fully saturated rings. The highest BCUT2D eigenvalue weighted by Gasteiger charge is 2.08. The molecule has 6 nitrogen and oxygen atoms in total. The van der Waals surface area contributed by atoms with Gasteiger partial charge in [-0.3, -0.25) is 0 Å². The van der Waals surface area contributed by atoms with Gasteiger partial charge in [-0.15, -0.1) is 0 Å². The summed E-state index contributed by atoms with van der Waals surface area (Å²) in [5.41, 5.74) is 5.63. The summed E-state index contributed by atoms with van der Waals surface area (Å²) in [5.74, 6) is -0.201. The van der Waals surface area contributed by atoms with Crippen LogP contribution in [-0.4, -0.2) is 32.2 Å². The molecule has 29 heavy (non-hydrogen) atoms. The Hall–Kier alpha value is -3.67. The molecule has 0 aliphatic rings. The molecule has 0 bridgehead atoms. The molecular formula is C23H22N4O2. The lowest BCUT2D eigenvalue weighted by molar-refractivity contribution is 0.0697. The number of hydrogen-bond acceptors (Lipinski definition) is 4. The number of carboxylic acid groups (broad SMARTS) is 1. The fraction of sp³-hybridized carbons (Fsp3) is 0.174. The van der Waals surface area contributed by atoms with Crippen LogP contribution in [-0.2, 0) is 6.54 Å². The molecule has 0 saturated carbocycles. The summed E-state index contributed by atoms with van der Waals surface area (Å²) in [5, 5.41) is 13.7. The fourth-order valence-corrected chi connectivity index (χ4v) is 3.63. The maximum Gasteiger partial charge on any atom is 0.335 e. The normalized spacial score (nSPS) is 11.0. The Morgan fingerprint density at radius 1 is 1.07 bits per heavy atom. The Labute approximate surface area is 168 Å². The standard InChI is InChI=1S/C23H22N4O2/c1-15-4-3-5-19-12-16(2)27(22(15)19)11-10-24-21-13-20(25-14-26-21)17-6-8-18(9-7-17)23(28)29/h3-9,12-14H,10-11H2,1-2H3,(H,28,29)(H,24,25,26). The van der Waals surface area contributed by atoms with Gasteiger partial charge >= 0.3 is 5.97 Å². The molecule has 0 aliphatic carbocycles. The molecule has 0 aliphatic heterocycles. The van der Waals surface area contributed by atoms with Crippen LogP contribution >= 0.6 is 0 Å². The van der Waals surface area contributed by atoms with Crippen molar-refractivity contribution >= 4 is 22.7 Å². The van der Waals surface area contributed by atoms with Gasteiger partial charge in [-0.25, -0.2) is 14.8 Å². The van der Waals surface area contributed by atoms with Crippen molar-refractivity contribution in [3.8, 4) is 11.3 Å². The van der Waals surface area contributed by atoms with Crippen LogP contribution in [0.15, 0.2) is 60.9 Å². The van der Waals surface area contributed by atoms with Crippen molar-refractivity contribution in [2.24, 2.45) is 0 Å². The third-order valence-corrected chi connectivity index (χ3v) is 5.07. The second-order valence-electron chi connectivity index (χ2n) is 7.05. The second-order valence-corrected chi connectivity index (χ2v) is 7.05. The summed E-state index contributed by atoms with van der Waals surface area (Å²) in [4.78, 5) is 19.6. The number of carboxylic acids is 1. The molecule has 2 aromatic heterocycles. The highest BCUT2D eigenvalue weighted by atomic mass is 16.4. The Morgan fingerprint density at radius 3 is 2.62 bits per heavy atom. The largest absolute Gasteiger partial charge is 0.478 e. The monoisotopic (exact) mass is 386 g/mol. The van der Waals surface area contributed by atoms with Crippen LogP contribution in [0.2, 0.25) is 0 Å². The Balaban J connectivity index is 1.48. The number of nitrogens with zero attached hydrogens (tertiary/aromatic N) is 3. The molecule has 0 amide bonds. The minimum absolute atomic E-state index is 0.255. The van der Waals surface area contributed by atoms with Gasteiger partial charge in [-0.1, -0.05) is 30.3 Å². The van der Waals surface area contributed by atoms with Crippen LogP contribution < -0.4 is 5.32 Å². The van der Waals surface area contributed by atoms with Crippen molar-refractivity contribution in [1.82, 2.24) is 14.5 Å². The van der Waals surface area contributed by atoms with Gasteiger partial charge in [0.2, 0.25) is 0 Å². The van der Waals surface area contributed by atoms with Crippen molar-refractivity contribution in [2.75, 3.05) is 11.9 Å². The first-order chi connectivity index (χ1) is 14.0. The van der Waals surface area contributed by atoms with E-state index in [4.69, 9.17) is 5.11 Å². The van der Waals surface area contributed by atoms with Crippen LogP contribution in [0.3, 0.4) is 0 Å². The van der Waals surface area contributed by atoms with E-state index in [1.54, 1.807) is 24.3 Å². The van der Waals surface area contributed by atoms with E-state index in [9.17, 15) is 4.79 Å². The van der Waals surface area contributed by atoms with Crippen LogP contribution in [0, 0.1) is 13.8 Å². The van der Waals surface area contributed by atoms with Gasteiger partial charge in [0.25, 0.3) is 0 Å².